The molecule has 1 amide bonds. The minimum Gasteiger partial charge on any atom is -0.368 e. The number of hydrogen-bond acceptors (Lipinski definition) is 5. The van der Waals surface area contributed by atoms with Gasteiger partial charge in [-0.2, -0.15) is 18.3 Å². The van der Waals surface area contributed by atoms with E-state index in [9.17, 15) is 22.8 Å². The lowest BCUT2D eigenvalue weighted by Crippen LogP contribution is -2.45. The quantitative estimate of drug-likeness (QED) is 0.376. The molecule has 1 aliphatic carbocycles. The van der Waals surface area contributed by atoms with Gasteiger partial charge in [0, 0.05) is 54.4 Å². The number of aromatic amines is 1. The summed E-state index contributed by atoms with van der Waals surface area (Å²) in [6.45, 7) is 7.70. The van der Waals surface area contributed by atoms with E-state index in [4.69, 9.17) is 0 Å². The minimum atomic E-state index is -4.21. The Hall–Kier alpha value is -3.34. The van der Waals surface area contributed by atoms with Crippen LogP contribution < -0.4 is 15.8 Å². The second kappa shape index (κ2) is 12.3. The van der Waals surface area contributed by atoms with Crippen molar-refractivity contribution in [2.24, 2.45) is 7.05 Å². The molecule has 1 aliphatic rings. The van der Waals surface area contributed by atoms with Crippen molar-refractivity contribution >= 4 is 22.5 Å². The summed E-state index contributed by atoms with van der Waals surface area (Å²) in [6.07, 6.45) is 1.14. The molecule has 11 heteroatoms. The summed E-state index contributed by atoms with van der Waals surface area (Å²) in [5.74, 6) is -0.276. The van der Waals surface area contributed by atoms with Gasteiger partial charge in [0.1, 0.15) is 0 Å². The van der Waals surface area contributed by atoms with Gasteiger partial charge < -0.3 is 15.2 Å². The highest BCUT2D eigenvalue weighted by Gasteiger charge is 2.35. The number of alkyl halides is 3. The van der Waals surface area contributed by atoms with E-state index in [-0.39, 0.29) is 30.1 Å². The number of H-pyrrole nitrogens is 1. The minimum absolute atomic E-state index is 0.110. The first kappa shape index (κ1) is 30.6. The zero-order valence-electron chi connectivity index (χ0n) is 24.8. The average Bonchev–Trinajstić information content (AvgIpc) is 3.28. The molecule has 1 saturated carbocycles. The molecule has 41 heavy (non-hydrogen) atoms. The van der Waals surface area contributed by atoms with Crippen LogP contribution in [0.15, 0.2) is 23.1 Å². The Bertz CT molecular complexity index is 1450. The Kier molecular flexibility index (Phi) is 9.16. The van der Waals surface area contributed by atoms with Crippen LogP contribution in [0.3, 0.4) is 0 Å². The maximum atomic E-state index is 13.6. The number of nitrogens with zero attached hydrogens (tertiary/aromatic N) is 4. The predicted octanol–water partition coefficient (Wildman–Crippen LogP) is 5.00. The van der Waals surface area contributed by atoms with Gasteiger partial charge in [0.25, 0.3) is 11.5 Å². The number of benzene rings is 1. The lowest BCUT2D eigenvalue weighted by Gasteiger charge is -2.41. The molecule has 8 nitrogen and oxygen atoms in total. The van der Waals surface area contributed by atoms with Crippen LogP contribution in [0.2, 0.25) is 0 Å². The summed E-state index contributed by atoms with van der Waals surface area (Å²) >= 11 is 0. The summed E-state index contributed by atoms with van der Waals surface area (Å²) in [6, 6.07) is 3.80. The van der Waals surface area contributed by atoms with Crippen LogP contribution in [-0.4, -0.2) is 64.0 Å². The number of anilines is 1. The smallest absolute Gasteiger partial charge is 0.368 e. The number of carbonyl (C=O) groups is 1. The van der Waals surface area contributed by atoms with Gasteiger partial charge in [-0.15, -0.1) is 0 Å². The van der Waals surface area contributed by atoms with Gasteiger partial charge in [-0.25, -0.2) is 0 Å². The van der Waals surface area contributed by atoms with Gasteiger partial charge in [-0.1, -0.05) is 6.92 Å². The molecular weight excluding hydrogens is 533 g/mol. The lowest BCUT2D eigenvalue weighted by molar-refractivity contribution is -0.148. The van der Waals surface area contributed by atoms with Gasteiger partial charge in [0.05, 0.1) is 23.9 Å². The Morgan fingerprint density at radius 3 is 2.41 bits per heavy atom. The van der Waals surface area contributed by atoms with Crippen LogP contribution in [-0.2, 0) is 20.0 Å². The number of amides is 1. The summed E-state index contributed by atoms with van der Waals surface area (Å²) < 4.78 is 40.6. The highest BCUT2D eigenvalue weighted by atomic mass is 19.4. The van der Waals surface area contributed by atoms with Crippen molar-refractivity contribution in [2.45, 2.75) is 84.6 Å². The molecule has 3 aromatic rings. The van der Waals surface area contributed by atoms with E-state index >= 15 is 0 Å². The molecule has 224 valence electrons. The molecule has 4 rings (SSSR count). The van der Waals surface area contributed by atoms with Crippen molar-refractivity contribution in [3.05, 3.63) is 56.6 Å². The fraction of sp³-hybridized carbons (Fsp3) is 0.567. The monoisotopic (exact) mass is 574 g/mol. The summed E-state index contributed by atoms with van der Waals surface area (Å²) in [4.78, 5) is 32.8. The number of pyridine rings is 1. The number of hydrogen-bond donors (Lipinski definition) is 2. The Morgan fingerprint density at radius 1 is 1.15 bits per heavy atom. The molecule has 0 atom stereocenters. The first-order valence-corrected chi connectivity index (χ1v) is 14.3. The Morgan fingerprint density at radius 2 is 1.80 bits per heavy atom. The maximum Gasteiger partial charge on any atom is 0.401 e. The summed E-state index contributed by atoms with van der Waals surface area (Å²) in [5.41, 5.74) is 5.10. The molecule has 0 unspecified atom stereocenters. The number of aromatic nitrogens is 3. The molecule has 0 aliphatic heterocycles. The Labute approximate surface area is 238 Å². The van der Waals surface area contributed by atoms with E-state index < -0.39 is 12.7 Å². The predicted molar refractivity (Wildman–Crippen MR) is 156 cm³/mol. The first-order valence-electron chi connectivity index (χ1n) is 14.3. The lowest BCUT2D eigenvalue weighted by atomic mass is 9.88. The van der Waals surface area contributed by atoms with Crippen LogP contribution in [0.5, 0.6) is 0 Å². The van der Waals surface area contributed by atoms with E-state index in [2.05, 4.69) is 27.2 Å². The van der Waals surface area contributed by atoms with Crippen molar-refractivity contribution in [3.63, 3.8) is 0 Å². The van der Waals surface area contributed by atoms with E-state index in [0.29, 0.717) is 36.9 Å². The third kappa shape index (κ3) is 6.60. The molecule has 2 aromatic heterocycles. The largest absolute Gasteiger partial charge is 0.401 e. The van der Waals surface area contributed by atoms with Crippen LogP contribution in [0.1, 0.15) is 72.3 Å². The van der Waals surface area contributed by atoms with Crippen molar-refractivity contribution in [1.29, 1.82) is 0 Å². The zero-order chi connectivity index (χ0) is 30.1. The fourth-order valence-electron chi connectivity index (χ4n) is 6.36. The van der Waals surface area contributed by atoms with Gasteiger partial charge in [-0.05, 0) is 83.2 Å². The van der Waals surface area contributed by atoms with Crippen molar-refractivity contribution in [1.82, 2.24) is 25.0 Å². The van der Waals surface area contributed by atoms with E-state index in [1.54, 1.807) is 11.7 Å². The second-order valence-electron chi connectivity index (χ2n) is 11.2. The highest BCUT2D eigenvalue weighted by Crippen LogP contribution is 2.38. The van der Waals surface area contributed by atoms with Gasteiger partial charge in [-0.3, -0.25) is 19.2 Å². The van der Waals surface area contributed by atoms with E-state index in [0.717, 1.165) is 46.3 Å². The van der Waals surface area contributed by atoms with E-state index in [1.165, 1.54) is 4.90 Å². The first-order chi connectivity index (χ1) is 19.3. The van der Waals surface area contributed by atoms with Gasteiger partial charge in [0.2, 0.25) is 0 Å². The molecule has 1 fully saturated rings. The molecule has 0 saturated heterocycles. The summed E-state index contributed by atoms with van der Waals surface area (Å²) in [7, 11) is 3.38. The zero-order valence-corrected chi connectivity index (χ0v) is 24.8. The number of rotatable bonds is 9. The number of fused-ring (bicyclic) bond motifs is 1. The highest BCUT2D eigenvalue weighted by molar-refractivity contribution is 6.05. The molecule has 2 heterocycles. The molecule has 0 bridgehead atoms. The third-order valence-electron chi connectivity index (χ3n) is 8.48. The maximum absolute atomic E-state index is 13.6. The van der Waals surface area contributed by atoms with Crippen LogP contribution in [0.4, 0.5) is 18.9 Å². The number of halogens is 3. The normalized spacial score (nSPS) is 17.8. The van der Waals surface area contributed by atoms with Gasteiger partial charge >= 0.3 is 6.18 Å². The third-order valence-corrected chi connectivity index (χ3v) is 8.48. The molecule has 2 N–H and O–H groups in total. The number of aryl methyl sites for hydroxylation is 3. The summed E-state index contributed by atoms with van der Waals surface area (Å²) in [5, 5.41) is 8.36. The Balaban J connectivity index is 1.61. The van der Waals surface area contributed by atoms with Crippen LogP contribution >= 0.6 is 0 Å². The van der Waals surface area contributed by atoms with Crippen molar-refractivity contribution in [3.8, 4) is 0 Å². The molecule has 0 radical (unpaired) electrons. The second-order valence-corrected chi connectivity index (χ2v) is 11.2. The van der Waals surface area contributed by atoms with E-state index in [1.807, 2.05) is 46.1 Å². The van der Waals surface area contributed by atoms with Crippen molar-refractivity contribution < 1.29 is 18.0 Å². The fourth-order valence-corrected chi connectivity index (χ4v) is 6.36. The topological polar surface area (TPSA) is 86.3 Å². The van der Waals surface area contributed by atoms with Gasteiger partial charge in [0.15, 0.2) is 0 Å². The molecular formula is C30H41F3N6O2. The number of nitrogens with one attached hydrogen (secondary N) is 2. The standard InChI is InChI=1S/C30H41F3N6O2/c1-7-20-13-18(3)36-29(41)24(20)15-34-28(40)23-14-26-25(16-35-38(26)6)27(19(23)4)39(8-2)22-11-9-21(10-12-22)37(5)17-30(31,32)33/h13-14,16,21-22H,7-12,15,17H2,1-6H3,(H,34,40)(H,36,41). The van der Waals surface area contributed by atoms with Crippen molar-refractivity contribution in [2.75, 3.05) is 25.0 Å². The van der Waals surface area contributed by atoms with Crippen LogP contribution in [0, 0.1) is 13.8 Å². The SMILES string of the molecule is CCc1cc(C)[nH]c(=O)c1CNC(=O)c1cc2c(cnn2C)c(N(CC)C2CCC(N(C)CC(F)(F)F)CC2)c1C. The molecule has 1 aromatic carbocycles. The number of carbonyl (C=O) groups excluding carboxylic acids is 1. The van der Waals surface area contributed by atoms with Crippen LogP contribution in [0.25, 0.3) is 10.9 Å². The molecule has 0 spiro atoms. The average molecular weight is 575 g/mol.